The second-order valence-corrected chi connectivity index (χ2v) is 11.3. The lowest BCUT2D eigenvalue weighted by molar-refractivity contribution is 0.102. The number of hydrogen-bond donors (Lipinski definition) is 3. The zero-order valence-electron chi connectivity index (χ0n) is 24.2. The van der Waals surface area contributed by atoms with Crippen LogP contribution >= 0.6 is 0 Å². The molecule has 2 saturated heterocycles. The molecule has 3 N–H and O–H groups in total. The van der Waals surface area contributed by atoms with E-state index in [-0.39, 0.29) is 23.3 Å². The van der Waals surface area contributed by atoms with Gasteiger partial charge in [0.1, 0.15) is 24.9 Å². The van der Waals surface area contributed by atoms with E-state index in [4.69, 9.17) is 9.15 Å². The van der Waals surface area contributed by atoms with E-state index in [2.05, 4.69) is 39.6 Å². The van der Waals surface area contributed by atoms with Crippen LogP contribution < -0.4 is 20.4 Å². The van der Waals surface area contributed by atoms with E-state index < -0.39 is 18.0 Å². The number of piperazine rings is 1. The first-order chi connectivity index (χ1) is 20.9. The second-order valence-electron chi connectivity index (χ2n) is 11.3. The smallest absolute Gasteiger partial charge is 0.409 e. The van der Waals surface area contributed by atoms with Crippen molar-refractivity contribution in [2.75, 3.05) is 67.5 Å². The van der Waals surface area contributed by atoms with Gasteiger partial charge in [0.25, 0.3) is 5.91 Å². The molecule has 43 heavy (non-hydrogen) atoms. The van der Waals surface area contributed by atoms with Gasteiger partial charge in [0.2, 0.25) is 0 Å². The van der Waals surface area contributed by atoms with Crippen molar-refractivity contribution < 1.29 is 28.2 Å². The third-order valence-electron chi connectivity index (χ3n) is 8.20. The van der Waals surface area contributed by atoms with Crippen molar-refractivity contribution in [1.82, 2.24) is 15.2 Å². The van der Waals surface area contributed by atoms with Gasteiger partial charge >= 0.3 is 6.09 Å². The first-order valence-corrected chi connectivity index (χ1v) is 14.9. The SMILES string of the molecule is Cc1ccccc1N1CCN(c2cc(F)c(C(O)NCCCN3CCOC3=O)cc2NC(=O)c2coc(C3CC3)n2)CC1. The van der Waals surface area contributed by atoms with E-state index >= 15 is 4.39 Å². The van der Waals surface area contributed by atoms with Crippen molar-refractivity contribution in [2.24, 2.45) is 0 Å². The van der Waals surface area contributed by atoms with Gasteiger partial charge in [-0.3, -0.25) is 10.1 Å². The highest BCUT2D eigenvalue weighted by Gasteiger charge is 2.30. The number of hydrogen-bond acceptors (Lipinski definition) is 9. The Bertz CT molecular complexity index is 1470. The first-order valence-electron chi connectivity index (χ1n) is 14.9. The van der Waals surface area contributed by atoms with Gasteiger partial charge in [0.05, 0.1) is 17.9 Å². The summed E-state index contributed by atoms with van der Waals surface area (Å²) in [6.45, 7) is 6.49. The maximum atomic E-state index is 15.5. The van der Waals surface area contributed by atoms with Gasteiger partial charge in [-0.15, -0.1) is 0 Å². The van der Waals surface area contributed by atoms with Crippen molar-refractivity contribution >= 4 is 29.1 Å². The van der Waals surface area contributed by atoms with Crippen LogP contribution in [0.3, 0.4) is 0 Å². The Morgan fingerprint density at radius 1 is 1.12 bits per heavy atom. The molecule has 11 nitrogen and oxygen atoms in total. The van der Waals surface area contributed by atoms with Gasteiger partial charge in [0.15, 0.2) is 11.6 Å². The van der Waals surface area contributed by atoms with Crippen LogP contribution in [0.1, 0.15) is 58.9 Å². The fourth-order valence-electron chi connectivity index (χ4n) is 5.60. The fraction of sp³-hybridized carbons (Fsp3) is 0.452. The van der Waals surface area contributed by atoms with Crippen LogP contribution in [0.4, 0.5) is 26.2 Å². The summed E-state index contributed by atoms with van der Waals surface area (Å²) < 4.78 is 26.0. The number of para-hydroxylation sites is 1. The van der Waals surface area contributed by atoms with Crippen LogP contribution in [0.2, 0.25) is 0 Å². The Labute approximate surface area is 249 Å². The number of halogens is 1. The van der Waals surface area contributed by atoms with E-state index in [1.807, 2.05) is 17.0 Å². The summed E-state index contributed by atoms with van der Waals surface area (Å²) in [6.07, 6.45) is 2.22. The molecule has 1 atom stereocenters. The largest absolute Gasteiger partial charge is 0.448 e. The molecule has 2 aliphatic heterocycles. The number of amides is 2. The summed E-state index contributed by atoms with van der Waals surface area (Å²) in [5.41, 5.74) is 3.44. The maximum Gasteiger partial charge on any atom is 0.409 e. The number of aryl methyl sites for hydroxylation is 1. The van der Waals surface area contributed by atoms with Crippen LogP contribution in [-0.2, 0) is 4.74 Å². The number of anilines is 3. The molecule has 3 heterocycles. The van der Waals surface area contributed by atoms with E-state index in [1.165, 1.54) is 29.6 Å². The van der Waals surface area contributed by atoms with Crippen molar-refractivity contribution in [3.63, 3.8) is 0 Å². The Morgan fingerprint density at radius 3 is 2.56 bits per heavy atom. The molecule has 3 fully saturated rings. The number of nitrogens with zero attached hydrogens (tertiary/aromatic N) is 4. The minimum Gasteiger partial charge on any atom is -0.448 e. The highest BCUT2D eigenvalue weighted by atomic mass is 19.1. The summed E-state index contributed by atoms with van der Waals surface area (Å²) in [7, 11) is 0. The molecule has 0 radical (unpaired) electrons. The highest BCUT2D eigenvalue weighted by molar-refractivity contribution is 6.04. The van der Waals surface area contributed by atoms with Gasteiger partial charge < -0.3 is 34.3 Å². The Balaban J connectivity index is 1.18. The van der Waals surface area contributed by atoms with Crippen LogP contribution in [0.15, 0.2) is 47.1 Å². The van der Waals surface area contributed by atoms with Gasteiger partial charge in [-0.25, -0.2) is 14.2 Å². The second kappa shape index (κ2) is 12.6. The Hall–Kier alpha value is -4.16. The van der Waals surface area contributed by atoms with Crippen molar-refractivity contribution in [1.29, 1.82) is 0 Å². The molecule has 1 aliphatic carbocycles. The molecule has 0 bridgehead atoms. The third kappa shape index (κ3) is 6.60. The number of nitrogens with one attached hydrogen (secondary N) is 2. The lowest BCUT2D eigenvalue weighted by atomic mass is 10.1. The van der Waals surface area contributed by atoms with Gasteiger partial charge in [0, 0.05) is 49.9 Å². The normalized spacial score (nSPS) is 17.7. The fourth-order valence-corrected chi connectivity index (χ4v) is 5.60. The third-order valence-corrected chi connectivity index (χ3v) is 8.20. The number of carbonyl (C=O) groups is 2. The minimum atomic E-state index is -1.32. The molecule has 3 aromatic rings. The van der Waals surface area contributed by atoms with E-state index in [1.54, 1.807) is 4.90 Å². The number of benzene rings is 2. The standard InChI is InChI=1S/C31H37FN6O5/c1-20-5-2-3-6-26(20)36-11-13-37(14-12-36)27-18-23(32)22(28(39)33-9-4-10-38-15-16-42-31(38)41)17-24(27)34-29(40)25-19-43-30(35-25)21-7-8-21/h2-3,5-6,17-19,21,28,33,39H,4,7-16H2,1H3,(H,34,40). The van der Waals surface area contributed by atoms with Crippen LogP contribution in [0.5, 0.6) is 0 Å². The molecule has 3 aliphatic rings. The number of aliphatic hydroxyl groups excluding tert-OH is 1. The predicted molar refractivity (Wildman–Crippen MR) is 159 cm³/mol. The molecule has 1 saturated carbocycles. The number of carbonyl (C=O) groups excluding carboxylic acids is 2. The van der Waals surface area contributed by atoms with E-state index in [9.17, 15) is 14.7 Å². The zero-order valence-corrected chi connectivity index (χ0v) is 24.2. The minimum absolute atomic E-state index is 0.0111. The van der Waals surface area contributed by atoms with Crippen molar-refractivity contribution in [3.05, 3.63) is 71.2 Å². The topological polar surface area (TPSA) is 123 Å². The summed E-state index contributed by atoms with van der Waals surface area (Å²) in [5.74, 6) is -0.237. The number of rotatable bonds is 11. The number of ether oxygens (including phenoxy) is 1. The summed E-state index contributed by atoms with van der Waals surface area (Å²) in [6, 6.07) is 11.1. The van der Waals surface area contributed by atoms with Gasteiger partial charge in [-0.2, -0.15) is 0 Å². The zero-order chi connectivity index (χ0) is 29.9. The molecule has 2 aromatic carbocycles. The number of aromatic nitrogens is 1. The summed E-state index contributed by atoms with van der Waals surface area (Å²) >= 11 is 0. The number of oxazole rings is 1. The van der Waals surface area contributed by atoms with Crippen molar-refractivity contribution in [2.45, 2.75) is 38.3 Å². The van der Waals surface area contributed by atoms with Gasteiger partial charge in [-0.1, -0.05) is 18.2 Å². The first kappa shape index (κ1) is 28.9. The number of cyclic esters (lactones) is 1. The molecule has 6 rings (SSSR count). The molecule has 0 spiro atoms. The average molecular weight is 593 g/mol. The van der Waals surface area contributed by atoms with Gasteiger partial charge in [-0.05, 0) is 56.5 Å². The molecule has 228 valence electrons. The van der Waals surface area contributed by atoms with Crippen LogP contribution in [0, 0.1) is 12.7 Å². The molecule has 1 unspecified atom stereocenters. The number of aliphatic hydroxyl groups is 1. The quantitative estimate of drug-likeness (QED) is 0.224. The molecule has 12 heteroatoms. The summed E-state index contributed by atoms with van der Waals surface area (Å²) in [4.78, 5) is 35.2. The molecule has 1 aromatic heterocycles. The Morgan fingerprint density at radius 2 is 1.86 bits per heavy atom. The maximum absolute atomic E-state index is 15.5. The van der Waals surface area contributed by atoms with Crippen LogP contribution in [0.25, 0.3) is 0 Å². The highest BCUT2D eigenvalue weighted by Crippen LogP contribution is 2.39. The molecule has 2 amide bonds. The lowest BCUT2D eigenvalue weighted by Gasteiger charge is -2.38. The van der Waals surface area contributed by atoms with Crippen LogP contribution in [-0.4, -0.2) is 79.4 Å². The average Bonchev–Trinajstić information content (AvgIpc) is 3.59. The summed E-state index contributed by atoms with van der Waals surface area (Å²) in [5, 5.41) is 16.7. The molecular weight excluding hydrogens is 555 g/mol. The Kier molecular flexibility index (Phi) is 8.48. The predicted octanol–water partition coefficient (Wildman–Crippen LogP) is 4.00. The lowest BCUT2D eigenvalue weighted by Crippen LogP contribution is -2.47. The van der Waals surface area contributed by atoms with E-state index in [0.29, 0.717) is 63.0 Å². The monoisotopic (exact) mass is 592 g/mol. The molecular formula is C31H37FN6O5. The van der Waals surface area contributed by atoms with E-state index in [0.717, 1.165) is 25.9 Å². The van der Waals surface area contributed by atoms with Crippen molar-refractivity contribution in [3.8, 4) is 0 Å².